The number of nitrogens with zero attached hydrogens (tertiary/aromatic N) is 1. The van der Waals surface area contributed by atoms with Crippen molar-refractivity contribution < 1.29 is 14.6 Å². The molecule has 0 amide bonds. The van der Waals surface area contributed by atoms with Crippen molar-refractivity contribution in [3.05, 3.63) is 23.8 Å². The number of morpholine rings is 1. The van der Waals surface area contributed by atoms with E-state index >= 15 is 0 Å². The summed E-state index contributed by atoms with van der Waals surface area (Å²) in [7, 11) is 0. The monoisotopic (exact) mass is 293 g/mol. The average Bonchev–Trinajstić information content (AvgIpc) is 2.37. The minimum atomic E-state index is -0.141. The van der Waals surface area contributed by atoms with E-state index in [0.29, 0.717) is 12.4 Å². The van der Waals surface area contributed by atoms with Crippen LogP contribution in [-0.4, -0.2) is 41.4 Å². The van der Waals surface area contributed by atoms with Crippen molar-refractivity contribution in [1.82, 2.24) is 4.90 Å². The summed E-state index contributed by atoms with van der Waals surface area (Å²) >= 11 is 0. The number of ether oxygens (including phenoxy) is 2. The number of phenolic OH excluding ortho intramolecular Hbond substituents is 1. The lowest BCUT2D eigenvalue weighted by Gasteiger charge is -2.41. The van der Waals surface area contributed by atoms with E-state index in [9.17, 15) is 5.11 Å². The molecule has 1 N–H and O–H groups in total. The molecular formula is C17H27NO3. The second-order valence-corrected chi connectivity index (χ2v) is 6.50. The molecular weight excluding hydrogens is 266 g/mol. The molecule has 1 heterocycles. The Morgan fingerprint density at radius 1 is 1.43 bits per heavy atom. The summed E-state index contributed by atoms with van der Waals surface area (Å²) in [4.78, 5) is 2.33. The lowest BCUT2D eigenvalue weighted by Crippen LogP contribution is -2.51. The number of hydrogen-bond acceptors (Lipinski definition) is 4. The van der Waals surface area contributed by atoms with Crippen LogP contribution in [0.5, 0.6) is 11.5 Å². The van der Waals surface area contributed by atoms with Crippen molar-refractivity contribution in [3.63, 3.8) is 0 Å². The van der Waals surface area contributed by atoms with Gasteiger partial charge in [0.25, 0.3) is 0 Å². The Bertz CT molecular complexity index is 473. The summed E-state index contributed by atoms with van der Waals surface area (Å²) in [6, 6.07) is 5.59. The standard InChI is InChI=1S/C17H27NO3/c1-5-8-20-15-7-6-14(16(19)9-15)11-18-10-13(2)21-17(3,4)12-18/h6-7,9,13,19H,5,8,10-12H2,1-4H3. The average molecular weight is 293 g/mol. The van der Waals surface area contributed by atoms with Gasteiger partial charge in [-0.1, -0.05) is 13.0 Å². The zero-order chi connectivity index (χ0) is 15.5. The highest BCUT2D eigenvalue weighted by molar-refractivity contribution is 5.39. The molecule has 0 bridgehead atoms. The Morgan fingerprint density at radius 3 is 2.81 bits per heavy atom. The highest BCUT2D eigenvalue weighted by atomic mass is 16.5. The van der Waals surface area contributed by atoms with Gasteiger partial charge >= 0.3 is 0 Å². The molecule has 21 heavy (non-hydrogen) atoms. The van der Waals surface area contributed by atoms with Crippen LogP contribution in [0.1, 0.15) is 39.7 Å². The summed E-state index contributed by atoms with van der Waals surface area (Å²) in [5.41, 5.74) is 0.793. The fourth-order valence-electron chi connectivity index (χ4n) is 2.93. The number of rotatable bonds is 5. The molecule has 1 fully saturated rings. The van der Waals surface area contributed by atoms with E-state index in [1.54, 1.807) is 6.07 Å². The van der Waals surface area contributed by atoms with E-state index in [2.05, 4.69) is 32.6 Å². The number of hydrogen-bond donors (Lipinski definition) is 1. The number of aromatic hydroxyl groups is 1. The first-order chi connectivity index (χ1) is 9.89. The molecule has 0 aliphatic carbocycles. The van der Waals surface area contributed by atoms with Gasteiger partial charge in [-0.25, -0.2) is 0 Å². The van der Waals surface area contributed by atoms with Gasteiger partial charge in [0.05, 0.1) is 18.3 Å². The lowest BCUT2D eigenvalue weighted by atomic mass is 10.0. The Labute approximate surface area is 127 Å². The van der Waals surface area contributed by atoms with Gasteiger partial charge in [-0.05, 0) is 33.3 Å². The van der Waals surface area contributed by atoms with Crippen LogP contribution in [0, 0.1) is 0 Å². The third-order valence-electron chi connectivity index (χ3n) is 3.56. The molecule has 1 saturated heterocycles. The normalized spacial score (nSPS) is 22.2. The molecule has 1 aromatic rings. The van der Waals surface area contributed by atoms with Crippen molar-refractivity contribution in [2.24, 2.45) is 0 Å². The molecule has 0 saturated carbocycles. The Morgan fingerprint density at radius 2 is 2.19 bits per heavy atom. The van der Waals surface area contributed by atoms with Crippen molar-refractivity contribution in [3.8, 4) is 11.5 Å². The van der Waals surface area contributed by atoms with E-state index < -0.39 is 0 Å². The molecule has 0 aromatic heterocycles. The van der Waals surface area contributed by atoms with Crippen LogP contribution in [0.2, 0.25) is 0 Å². The third kappa shape index (κ3) is 4.61. The van der Waals surface area contributed by atoms with Gasteiger partial charge in [0.1, 0.15) is 11.5 Å². The maximum absolute atomic E-state index is 10.2. The van der Waals surface area contributed by atoms with Crippen LogP contribution < -0.4 is 4.74 Å². The molecule has 2 rings (SSSR count). The molecule has 0 radical (unpaired) electrons. The van der Waals surface area contributed by atoms with Gasteiger partial charge in [-0.2, -0.15) is 0 Å². The maximum atomic E-state index is 10.2. The second kappa shape index (κ2) is 6.67. The van der Waals surface area contributed by atoms with E-state index in [1.807, 2.05) is 12.1 Å². The van der Waals surface area contributed by atoms with Gasteiger partial charge < -0.3 is 14.6 Å². The first kappa shape index (κ1) is 16.1. The largest absolute Gasteiger partial charge is 0.507 e. The van der Waals surface area contributed by atoms with Crippen LogP contribution in [0.3, 0.4) is 0 Å². The van der Waals surface area contributed by atoms with Crippen molar-refractivity contribution in [2.75, 3.05) is 19.7 Å². The fourth-order valence-corrected chi connectivity index (χ4v) is 2.93. The van der Waals surface area contributed by atoms with Crippen molar-refractivity contribution in [2.45, 2.75) is 52.4 Å². The number of benzene rings is 1. The molecule has 118 valence electrons. The van der Waals surface area contributed by atoms with Crippen LogP contribution >= 0.6 is 0 Å². The summed E-state index contributed by atoms with van der Waals surface area (Å²) in [6.45, 7) is 11.5. The summed E-state index contributed by atoms with van der Waals surface area (Å²) in [5, 5.41) is 10.2. The molecule has 1 unspecified atom stereocenters. The highest BCUT2D eigenvalue weighted by Crippen LogP contribution is 2.27. The van der Waals surface area contributed by atoms with Gasteiger partial charge in [0.2, 0.25) is 0 Å². The molecule has 0 spiro atoms. The Balaban J connectivity index is 2.02. The van der Waals surface area contributed by atoms with Crippen LogP contribution in [0.4, 0.5) is 0 Å². The maximum Gasteiger partial charge on any atom is 0.123 e. The van der Waals surface area contributed by atoms with Gasteiger partial charge in [-0.15, -0.1) is 0 Å². The SMILES string of the molecule is CCCOc1ccc(CN2CC(C)OC(C)(C)C2)c(O)c1. The molecule has 4 nitrogen and oxygen atoms in total. The Kier molecular flexibility index (Phi) is 5.12. The third-order valence-corrected chi connectivity index (χ3v) is 3.56. The second-order valence-electron chi connectivity index (χ2n) is 6.50. The lowest BCUT2D eigenvalue weighted by molar-refractivity contribution is -0.130. The van der Waals surface area contributed by atoms with Crippen LogP contribution in [0.25, 0.3) is 0 Å². The first-order valence-corrected chi connectivity index (χ1v) is 7.74. The van der Waals surface area contributed by atoms with Crippen molar-refractivity contribution in [1.29, 1.82) is 0 Å². The topological polar surface area (TPSA) is 41.9 Å². The van der Waals surface area contributed by atoms with E-state index in [4.69, 9.17) is 9.47 Å². The first-order valence-electron chi connectivity index (χ1n) is 7.74. The predicted molar refractivity (Wildman–Crippen MR) is 83.8 cm³/mol. The quantitative estimate of drug-likeness (QED) is 0.905. The molecule has 1 aliphatic heterocycles. The van der Waals surface area contributed by atoms with Gasteiger partial charge in [0.15, 0.2) is 0 Å². The fraction of sp³-hybridized carbons (Fsp3) is 0.647. The smallest absolute Gasteiger partial charge is 0.123 e. The molecule has 1 aromatic carbocycles. The molecule has 1 atom stereocenters. The summed E-state index contributed by atoms with van der Waals surface area (Å²) in [6.07, 6.45) is 1.17. The van der Waals surface area contributed by atoms with Gasteiger partial charge in [0, 0.05) is 31.3 Å². The van der Waals surface area contributed by atoms with Gasteiger partial charge in [-0.3, -0.25) is 4.90 Å². The predicted octanol–water partition coefficient (Wildman–Crippen LogP) is 3.18. The zero-order valence-corrected chi connectivity index (χ0v) is 13.6. The highest BCUT2D eigenvalue weighted by Gasteiger charge is 2.31. The van der Waals surface area contributed by atoms with E-state index in [0.717, 1.165) is 37.4 Å². The minimum absolute atomic E-state index is 0.141. The Hall–Kier alpha value is -1.26. The number of phenols is 1. The van der Waals surface area contributed by atoms with Crippen molar-refractivity contribution >= 4 is 0 Å². The molecule has 1 aliphatic rings. The summed E-state index contributed by atoms with van der Waals surface area (Å²) < 4.78 is 11.4. The van der Waals surface area contributed by atoms with Crippen LogP contribution in [0.15, 0.2) is 18.2 Å². The van der Waals surface area contributed by atoms with Crippen LogP contribution in [-0.2, 0) is 11.3 Å². The summed E-state index contributed by atoms with van der Waals surface area (Å²) in [5.74, 6) is 1.04. The zero-order valence-electron chi connectivity index (χ0n) is 13.6. The minimum Gasteiger partial charge on any atom is -0.507 e. The molecule has 4 heteroatoms. The van der Waals surface area contributed by atoms with E-state index in [-0.39, 0.29) is 11.7 Å². The van der Waals surface area contributed by atoms with E-state index in [1.165, 1.54) is 0 Å².